The Labute approximate surface area is 190 Å². The number of anilines is 1. The first-order valence-electron chi connectivity index (χ1n) is 10.3. The minimum atomic E-state index is 0. The predicted octanol–water partition coefficient (Wildman–Crippen LogP) is 4.06. The van der Waals surface area contributed by atoms with Crippen LogP contribution in [0.1, 0.15) is 63.0 Å². The highest BCUT2D eigenvalue weighted by atomic mass is 127. The van der Waals surface area contributed by atoms with Crippen LogP contribution in [0.15, 0.2) is 33.9 Å². The SMILES string of the molecule is CCNC(=NCc1ccnc(N2CCCCC2)c1)NCc1cc(C(C)C)no1.I. The van der Waals surface area contributed by atoms with E-state index >= 15 is 0 Å². The van der Waals surface area contributed by atoms with Crippen molar-refractivity contribution < 1.29 is 4.52 Å². The first-order chi connectivity index (χ1) is 13.7. The van der Waals surface area contributed by atoms with E-state index in [1.54, 1.807) is 0 Å². The van der Waals surface area contributed by atoms with Gasteiger partial charge in [-0.25, -0.2) is 9.98 Å². The number of hydrogen-bond acceptors (Lipinski definition) is 5. The van der Waals surface area contributed by atoms with Gasteiger partial charge in [-0.3, -0.25) is 0 Å². The molecule has 0 unspecified atom stereocenters. The van der Waals surface area contributed by atoms with E-state index in [0.29, 0.717) is 19.0 Å². The second-order valence-electron chi connectivity index (χ2n) is 7.49. The molecule has 0 amide bonds. The number of guanidine groups is 1. The number of aliphatic imine (C=N–C) groups is 1. The fraction of sp³-hybridized carbons (Fsp3) is 0.571. The van der Waals surface area contributed by atoms with Gasteiger partial charge in [-0.05, 0) is 49.8 Å². The highest BCUT2D eigenvalue weighted by Gasteiger charge is 2.12. The maximum atomic E-state index is 5.39. The van der Waals surface area contributed by atoms with Gasteiger partial charge >= 0.3 is 0 Å². The number of aromatic nitrogens is 2. The number of pyridine rings is 1. The Bertz CT molecular complexity index is 770. The summed E-state index contributed by atoms with van der Waals surface area (Å²) in [5.74, 6) is 3.00. The molecule has 2 aromatic heterocycles. The number of piperidine rings is 1. The van der Waals surface area contributed by atoms with Gasteiger partial charge in [0.2, 0.25) is 0 Å². The zero-order valence-corrected chi connectivity index (χ0v) is 20.0. The Hall–Kier alpha value is -1.84. The highest BCUT2D eigenvalue weighted by molar-refractivity contribution is 14.0. The number of nitrogens with one attached hydrogen (secondary N) is 2. The summed E-state index contributed by atoms with van der Waals surface area (Å²) in [7, 11) is 0. The average molecular weight is 512 g/mol. The van der Waals surface area contributed by atoms with Crippen LogP contribution < -0.4 is 15.5 Å². The van der Waals surface area contributed by atoms with Crippen LogP contribution in [0.2, 0.25) is 0 Å². The minimum absolute atomic E-state index is 0. The summed E-state index contributed by atoms with van der Waals surface area (Å²) < 4.78 is 5.39. The van der Waals surface area contributed by atoms with Crippen molar-refractivity contribution in [2.45, 2.75) is 59.0 Å². The fourth-order valence-electron chi connectivity index (χ4n) is 3.22. The Morgan fingerprint density at radius 1 is 1.21 bits per heavy atom. The molecule has 0 saturated carbocycles. The van der Waals surface area contributed by atoms with Gasteiger partial charge < -0.3 is 20.1 Å². The Balaban J connectivity index is 0.00000300. The molecule has 1 fully saturated rings. The van der Waals surface area contributed by atoms with Gasteiger partial charge in [0.1, 0.15) is 5.82 Å². The third-order valence-electron chi connectivity index (χ3n) is 4.85. The summed E-state index contributed by atoms with van der Waals surface area (Å²) in [6.07, 6.45) is 5.70. The third-order valence-corrected chi connectivity index (χ3v) is 4.85. The summed E-state index contributed by atoms with van der Waals surface area (Å²) in [6.45, 7) is 10.4. The van der Waals surface area contributed by atoms with Crippen LogP contribution in [0.5, 0.6) is 0 Å². The van der Waals surface area contributed by atoms with Crippen molar-refractivity contribution in [3.63, 3.8) is 0 Å². The van der Waals surface area contributed by atoms with Crippen molar-refractivity contribution >= 4 is 35.8 Å². The maximum absolute atomic E-state index is 5.39. The lowest BCUT2D eigenvalue weighted by atomic mass is 10.1. The molecule has 7 nitrogen and oxygen atoms in total. The molecule has 1 aliphatic heterocycles. The van der Waals surface area contributed by atoms with Crippen molar-refractivity contribution in [2.75, 3.05) is 24.5 Å². The minimum Gasteiger partial charge on any atom is -0.359 e. The van der Waals surface area contributed by atoms with Crippen LogP contribution >= 0.6 is 24.0 Å². The van der Waals surface area contributed by atoms with E-state index < -0.39 is 0 Å². The number of hydrogen-bond donors (Lipinski definition) is 2. The van der Waals surface area contributed by atoms with E-state index in [2.05, 4.69) is 52.5 Å². The lowest BCUT2D eigenvalue weighted by molar-refractivity contribution is 0.372. The van der Waals surface area contributed by atoms with Crippen LogP contribution in [-0.2, 0) is 13.1 Å². The van der Waals surface area contributed by atoms with E-state index in [-0.39, 0.29) is 24.0 Å². The molecule has 3 rings (SSSR count). The van der Waals surface area contributed by atoms with Crippen LogP contribution in [0.4, 0.5) is 5.82 Å². The molecule has 0 aromatic carbocycles. The largest absolute Gasteiger partial charge is 0.359 e. The van der Waals surface area contributed by atoms with Crippen molar-refractivity contribution in [3.05, 3.63) is 41.4 Å². The number of rotatable bonds is 7. The van der Waals surface area contributed by atoms with Gasteiger partial charge in [0.25, 0.3) is 0 Å². The van der Waals surface area contributed by atoms with E-state index in [1.807, 2.05) is 18.3 Å². The van der Waals surface area contributed by atoms with Crippen LogP contribution in [0.25, 0.3) is 0 Å². The molecule has 0 atom stereocenters. The quantitative estimate of drug-likeness (QED) is 0.331. The molecule has 3 heterocycles. The lowest BCUT2D eigenvalue weighted by Crippen LogP contribution is -2.36. The van der Waals surface area contributed by atoms with Crippen LogP contribution in [-0.4, -0.2) is 35.7 Å². The Morgan fingerprint density at radius 2 is 2.00 bits per heavy atom. The van der Waals surface area contributed by atoms with Crippen LogP contribution in [0, 0.1) is 0 Å². The molecular formula is C21H33IN6O. The molecule has 0 aliphatic carbocycles. The lowest BCUT2D eigenvalue weighted by Gasteiger charge is -2.27. The zero-order valence-electron chi connectivity index (χ0n) is 17.6. The second kappa shape index (κ2) is 12.0. The van der Waals surface area contributed by atoms with Crippen molar-refractivity contribution in [2.24, 2.45) is 4.99 Å². The van der Waals surface area contributed by atoms with Gasteiger partial charge in [-0.15, -0.1) is 24.0 Å². The van der Waals surface area contributed by atoms with Gasteiger partial charge in [0.15, 0.2) is 11.7 Å². The maximum Gasteiger partial charge on any atom is 0.191 e. The summed E-state index contributed by atoms with van der Waals surface area (Å²) in [4.78, 5) is 11.6. The molecule has 2 aromatic rings. The molecule has 1 saturated heterocycles. The Morgan fingerprint density at radius 3 is 2.69 bits per heavy atom. The van der Waals surface area contributed by atoms with Crippen molar-refractivity contribution in [1.29, 1.82) is 0 Å². The molecule has 29 heavy (non-hydrogen) atoms. The predicted molar refractivity (Wildman–Crippen MR) is 128 cm³/mol. The first kappa shape index (κ1) is 23.4. The third kappa shape index (κ3) is 7.17. The van der Waals surface area contributed by atoms with E-state index in [4.69, 9.17) is 9.52 Å². The summed E-state index contributed by atoms with van der Waals surface area (Å²) in [5.41, 5.74) is 2.13. The number of halogens is 1. The average Bonchev–Trinajstić information content (AvgIpc) is 3.20. The molecule has 0 radical (unpaired) electrons. The van der Waals surface area contributed by atoms with E-state index in [9.17, 15) is 0 Å². The van der Waals surface area contributed by atoms with Gasteiger partial charge in [0, 0.05) is 31.9 Å². The topological polar surface area (TPSA) is 78.6 Å². The summed E-state index contributed by atoms with van der Waals surface area (Å²) in [5, 5.41) is 10.7. The normalized spacial score (nSPS) is 14.6. The van der Waals surface area contributed by atoms with E-state index in [0.717, 1.165) is 48.4 Å². The van der Waals surface area contributed by atoms with Gasteiger partial charge in [-0.2, -0.15) is 0 Å². The van der Waals surface area contributed by atoms with Crippen molar-refractivity contribution in [3.8, 4) is 0 Å². The zero-order chi connectivity index (χ0) is 19.8. The highest BCUT2D eigenvalue weighted by Crippen LogP contribution is 2.18. The van der Waals surface area contributed by atoms with Gasteiger partial charge in [-0.1, -0.05) is 19.0 Å². The van der Waals surface area contributed by atoms with Crippen LogP contribution in [0.3, 0.4) is 0 Å². The van der Waals surface area contributed by atoms with Gasteiger partial charge in [0.05, 0.1) is 18.8 Å². The summed E-state index contributed by atoms with van der Waals surface area (Å²) >= 11 is 0. The smallest absolute Gasteiger partial charge is 0.191 e. The second-order valence-corrected chi connectivity index (χ2v) is 7.49. The first-order valence-corrected chi connectivity index (χ1v) is 10.3. The Kier molecular flexibility index (Phi) is 9.69. The molecule has 0 bridgehead atoms. The molecule has 8 heteroatoms. The van der Waals surface area contributed by atoms with E-state index in [1.165, 1.54) is 19.3 Å². The molecule has 160 valence electrons. The monoisotopic (exact) mass is 512 g/mol. The molecule has 2 N–H and O–H groups in total. The number of nitrogens with zero attached hydrogens (tertiary/aromatic N) is 4. The molecular weight excluding hydrogens is 479 g/mol. The summed E-state index contributed by atoms with van der Waals surface area (Å²) in [6, 6.07) is 6.19. The van der Waals surface area contributed by atoms with Crippen molar-refractivity contribution in [1.82, 2.24) is 20.8 Å². The standard InChI is InChI=1S/C21H32N6O.HI/c1-4-22-21(25-15-18-13-19(16(2)3)26-28-18)24-14-17-8-9-23-20(12-17)27-10-6-5-7-11-27;/h8-9,12-13,16H,4-7,10-11,14-15H2,1-3H3,(H2,22,24,25);1H. The molecule has 1 aliphatic rings. The fourth-order valence-corrected chi connectivity index (χ4v) is 3.22. The molecule has 0 spiro atoms.